The number of hydrogen-bond acceptors (Lipinski definition) is 5. The van der Waals surface area contributed by atoms with Crippen molar-refractivity contribution in [3.63, 3.8) is 0 Å². The molecule has 0 aliphatic carbocycles. The molecule has 0 saturated carbocycles. The maximum absolute atomic E-state index is 11.3. The van der Waals surface area contributed by atoms with E-state index in [0.29, 0.717) is 5.82 Å². The largest absolute Gasteiger partial charge is 0.464 e. The van der Waals surface area contributed by atoms with Crippen LogP contribution in [0, 0.1) is 6.92 Å². The molecule has 0 atom stereocenters. The number of carbonyl (C=O) groups is 1. The Bertz CT molecular complexity index is 522. The minimum atomic E-state index is -0.447. The van der Waals surface area contributed by atoms with E-state index in [1.54, 1.807) is 17.5 Å². The Balaban J connectivity index is 2.39. The van der Waals surface area contributed by atoms with E-state index >= 15 is 0 Å². The summed E-state index contributed by atoms with van der Waals surface area (Å²) in [6.45, 7) is 2.01. The van der Waals surface area contributed by atoms with E-state index in [2.05, 4.69) is 14.7 Å². The summed E-state index contributed by atoms with van der Waals surface area (Å²) in [7, 11) is 1.33. The summed E-state index contributed by atoms with van der Waals surface area (Å²) >= 11 is 1.59. The number of hydrogen-bond donors (Lipinski definition) is 0. The van der Waals surface area contributed by atoms with Crippen molar-refractivity contribution in [2.45, 2.75) is 6.92 Å². The van der Waals surface area contributed by atoms with Crippen molar-refractivity contribution in [3.8, 4) is 10.7 Å². The van der Waals surface area contributed by atoms with Crippen LogP contribution in [-0.4, -0.2) is 23.0 Å². The summed E-state index contributed by atoms with van der Waals surface area (Å²) in [6, 6.07) is 5.47. The number of aryl methyl sites for hydroxylation is 1. The lowest BCUT2D eigenvalue weighted by Gasteiger charge is -1.99. The Morgan fingerprint density at radius 2 is 2.19 bits per heavy atom. The first-order valence-electron chi connectivity index (χ1n) is 4.69. The number of ether oxygens (including phenoxy) is 1. The number of aromatic nitrogens is 2. The highest BCUT2D eigenvalue weighted by molar-refractivity contribution is 7.15. The monoisotopic (exact) mass is 234 g/mol. The molecule has 0 bridgehead atoms. The second-order valence-corrected chi connectivity index (χ2v) is 4.46. The topological polar surface area (TPSA) is 52.1 Å². The molecule has 16 heavy (non-hydrogen) atoms. The molecular weight excluding hydrogens is 224 g/mol. The van der Waals surface area contributed by atoms with Gasteiger partial charge in [-0.15, -0.1) is 11.3 Å². The van der Waals surface area contributed by atoms with E-state index in [0.717, 1.165) is 4.88 Å². The molecule has 4 nitrogen and oxygen atoms in total. The Morgan fingerprint density at radius 1 is 1.38 bits per heavy atom. The van der Waals surface area contributed by atoms with Crippen LogP contribution >= 0.6 is 11.3 Å². The van der Waals surface area contributed by atoms with Crippen molar-refractivity contribution in [3.05, 3.63) is 35.0 Å². The van der Waals surface area contributed by atoms with Gasteiger partial charge in [0.05, 0.1) is 12.0 Å². The zero-order valence-electron chi connectivity index (χ0n) is 8.93. The van der Waals surface area contributed by atoms with Gasteiger partial charge < -0.3 is 4.74 Å². The van der Waals surface area contributed by atoms with Crippen LogP contribution < -0.4 is 0 Å². The lowest BCUT2D eigenvalue weighted by molar-refractivity contribution is 0.0594. The number of esters is 1. The van der Waals surface area contributed by atoms with Crippen molar-refractivity contribution in [2.75, 3.05) is 7.11 Å². The van der Waals surface area contributed by atoms with Gasteiger partial charge >= 0.3 is 5.97 Å². The maximum atomic E-state index is 11.3. The fourth-order valence-electron chi connectivity index (χ4n) is 1.25. The fraction of sp³-hybridized carbons (Fsp3) is 0.182. The molecule has 82 valence electrons. The van der Waals surface area contributed by atoms with Crippen LogP contribution in [0.2, 0.25) is 0 Å². The van der Waals surface area contributed by atoms with Crippen LogP contribution in [0.4, 0.5) is 0 Å². The molecule has 0 aromatic carbocycles. The van der Waals surface area contributed by atoms with Crippen molar-refractivity contribution in [2.24, 2.45) is 0 Å². The second-order valence-electron chi connectivity index (χ2n) is 3.17. The van der Waals surface area contributed by atoms with Gasteiger partial charge in [-0.25, -0.2) is 14.8 Å². The van der Waals surface area contributed by atoms with Gasteiger partial charge in [0.1, 0.15) is 0 Å². The Labute approximate surface area is 96.9 Å². The van der Waals surface area contributed by atoms with E-state index in [4.69, 9.17) is 0 Å². The number of carbonyl (C=O) groups excluding carboxylic acids is 1. The normalized spacial score (nSPS) is 10.1. The molecule has 5 heteroatoms. The van der Waals surface area contributed by atoms with Gasteiger partial charge in [-0.05, 0) is 25.1 Å². The molecule has 0 N–H and O–H groups in total. The van der Waals surface area contributed by atoms with Crippen LogP contribution in [-0.2, 0) is 4.74 Å². The van der Waals surface area contributed by atoms with Gasteiger partial charge in [0, 0.05) is 11.1 Å². The molecule has 0 amide bonds. The van der Waals surface area contributed by atoms with E-state index in [9.17, 15) is 4.79 Å². The average molecular weight is 234 g/mol. The van der Waals surface area contributed by atoms with Gasteiger partial charge in [-0.3, -0.25) is 0 Å². The van der Waals surface area contributed by atoms with Gasteiger partial charge in [-0.1, -0.05) is 0 Å². The highest BCUT2D eigenvalue weighted by Crippen LogP contribution is 2.24. The van der Waals surface area contributed by atoms with Crippen molar-refractivity contribution >= 4 is 17.3 Å². The predicted octanol–water partition coefficient (Wildman–Crippen LogP) is 2.30. The number of nitrogens with zero attached hydrogens (tertiary/aromatic N) is 2. The molecule has 2 aromatic rings. The first-order valence-corrected chi connectivity index (χ1v) is 5.50. The number of rotatable bonds is 2. The number of methoxy groups -OCH3 is 1. The lowest BCUT2D eigenvalue weighted by Crippen LogP contribution is -2.05. The third-order valence-corrected chi connectivity index (χ3v) is 3.01. The summed E-state index contributed by atoms with van der Waals surface area (Å²) in [5, 5.41) is 0. The van der Waals surface area contributed by atoms with E-state index in [-0.39, 0.29) is 5.69 Å². The highest BCUT2D eigenvalue weighted by Gasteiger charge is 2.10. The van der Waals surface area contributed by atoms with E-state index < -0.39 is 5.97 Å². The van der Waals surface area contributed by atoms with Crippen molar-refractivity contribution in [1.82, 2.24) is 9.97 Å². The highest BCUT2D eigenvalue weighted by atomic mass is 32.1. The molecule has 0 aliphatic heterocycles. The first-order chi connectivity index (χ1) is 7.70. The molecule has 2 heterocycles. The molecule has 2 rings (SSSR count). The summed E-state index contributed by atoms with van der Waals surface area (Å²) in [5.74, 6) is 0.109. The van der Waals surface area contributed by atoms with Crippen LogP contribution in [0.3, 0.4) is 0 Å². The van der Waals surface area contributed by atoms with Crippen LogP contribution in [0.25, 0.3) is 10.7 Å². The predicted molar refractivity (Wildman–Crippen MR) is 61.4 cm³/mol. The summed E-state index contributed by atoms with van der Waals surface area (Å²) in [5.41, 5.74) is 0.276. The van der Waals surface area contributed by atoms with Gasteiger partial charge in [0.25, 0.3) is 0 Å². The Morgan fingerprint density at radius 3 is 2.81 bits per heavy atom. The van der Waals surface area contributed by atoms with Crippen LogP contribution in [0.15, 0.2) is 24.4 Å². The average Bonchev–Trinajstić information content (AvgIpc) is 2.75. The number of thiophene rings is 1. The second kappa shape index (κ2) is 4.40. The molecule has 0 fully saturated rings. The minimum Gasteiger partial charge on any atom is -0.464 e. The Kier molecular flexibility index (Phi) is 2.96. The Hall–Kier alpha value is -1.75. The maximum Gasteiger partial charge on any atom is 0.356 e. The molecule has 0 aliphatic rings. The summed E-state index contributed by atoms with van der Waals surface area (Å²) < 4.78 is 4.61. The third kappa shape index (κ3) is 2.09. The third-order valence-electron chi connectivity index (χ3n) is 2.01. The lowest BCUT2D eigenvalue weighted by atomic mass is 10.3. The SMILES string of the molecule is COC(=O)c1ccnc(-c2ccc(C)s2)n1. The quantitative estimate of drug-likeness (QED) is 0.748. The van der Waals surface area contributed by atoms with Gasteiger partial charge in [0.2, 0.25) is 0 Å². The standard InChI is InChI=1S/C11H10N2O2S/c1-7-3-4-9(16-7)10-12-6-5-8(13-10)11(14)15-2/h3-6H,1-2H3. The van der Waals surface area contributed by atoms with E-state index in [1.165, 1.54) is 18.1 Å². The summed E-state index contributed by atoms with van der Waals surface area (Å²) in [6.07, 6.45) is 1.56. The van der Waals surface area contributed by atoms with Crippen LogP contribution in [0.1, 0.15) is 15.4 Å². The molecular formula is C11H10N2O2S. The zero-order valence-corrected chi connectivity index (χ0v) is 9.75. The van der Waals surface area contributed by atoms with Crippen LogP contribution in [0.5, 0.6) is 0 Å². The van der Waals surface area contributed by atoms with Gasteiger partial charge in [-0.2, -0.15) is 0 Å². The smallest absolute Gasteiger partial charge is 0.356 e. The van der Waals surface area contributed by atoms with Gasteiger partial charge in [0.15, 0.2) is 11.5 Å². The van der Waals surface area contributed by atoms with Crippen molar-refractivity contribution < 1.29 is 9.53 Å². The fourth-order valence-corrected chi connectivity index (χ4v) is 2.06. The van der Waals surface area contributed by atoms with Crippen molar-refractivity contribution in [1.29, 1.82) is 0 Å². The molecule has 0 radical (unpaired) electrons. The summed E-state index contributed by atoms with van der Waals surface area (Å²) in [4.78, 5) is 21.7. The molecule has 2 aromatic heterocycles. The molecule has 0 saturated heterocycles. The first kappa shape index (κ1) is 10.8. The van der Waals surface area contributed by atoms with E-state index in [1.807, 2.05) is 19.1 Å². The molecule has 0 spiro atoms. The molecule has 0 unspecified atom stereocenters. The minimum absolute atomic E-state index is 0.276. The zero-order chi connectivity index (χ0) is 11.5.